The molecule has 0 atom stereocenters. The summed E-state index contributed by atoms with van der Waals surface area (Å²) in [6, 6.07) is 19.0. The predicted octanol–water partition coefficient (Wildman–Crippen LogP) is 5.07. The van der Waals surface area contributed by atoms with E-state index in [1.807, 2.05) is 68.4 Å². The molecule has 7 heteroatoms. The van der Waals surface area contributed by atoms with E-state index in [0.717, 1.165) is 11.1 Å². The van der Waals surface area contributed by atoms with Gasteiger partial charge in [-0.25, -0.2) is 0 Å². The van der Waals surface area contributed by atoms with Gasteiger partial charge in [-0.1, -0.05) is 50.2 Å². The molecule has 0 aliphatic rings. The maximum Gasteiger partial charge on any atom is 0.247 e. The van der Waals surface area contributed by atoms with Crippen LogP contribution in [0.5, 0.6) is 11.5 Å². The van der Waals surface area contributed by atoms with Gasteiger partial charge in [0.05, 0.1) is 27.0 Å². The van der Waals surface area contributed by atoms with Crippen molar-refractivity contribution in [3.05, 3.63) is 89.9 Å². The van der Waals surface area contributed by atoms with Crippen LogP contribution in [0, 0.1) is 5.92 Å². The van der Waals surface area contributed by atoms with Crippen LogP contribution in [0.2, 0.25) is 0 Å². The summed E-state index contributed by atoms with van der Waals surface area (Å²) in [6.07, 6.45) is 5.51. The molecule has 0 aliphatic heterocycles. The third-order valence-corrected chi connectivity index (χ3v) is 5.84. The van der Waals surface area contributed by atoms with Crippen LogP contribution < -0.4 is 9.47 Å². The average molecular weight is 505 g/mol. The van der Waals surface area contributed by atoms with Crippen LogP contribution >= 0.6 is 0 Å². The normalized spacial score (nSPS) is 11.1. The van der Waals surface area contributed by atoms with Crippen LogP contribution in [0.4, 0.5) is 0 Å². The van der Waals surface area contributed by atoms with Crippen molar-refractivity contribution in [1.29, 1.82) is 0 Å². The van der Waals surface area contributed by atoms with E-state index in [2.05, 4.69) is 0 Å². The second-order valence-corrected chi connectivity index (χ2v) is 9.19. The average Bonchev–Trinajstić information content (AvgIpc) is 3.42. The molecule has 0 bridgehead atoms. The minimum absolute atomic E-state index is 0.0111. The summed E-state index contributed by atoms with van der Waals surface area (Å²) in [5, 5.41) is 0. The van der Waals surface area contributed by atoms with E-state index in [4.69, 9.17) is 13.9 Å². The minimum atomic E-state index is -0.191. The smallest absolute Gasteiger partial charge is 0.247 e. The van der Waals surface area contributed by atoms with E-state index in [1.165, 1.54) is 6.08 Å². The number of nitrogens with zero attached hydrogens (tertiary/aromatic N) is 2. The van der Waals surface area contributed by atoms with Gasteiger partial charge in [0.15, 0.2) is 11.5 Å². The van der Waals surface area contributed by atoms with Gasteiger partial charge in [0.1, 0.15) is 12.3 Å². The standard InChI is InChI=1S/C30H36N2O5/c1-23(2)20-32(29(33)15-13-24-9-6-5-7-10-24)22-30(34)31(21-26-11-8-18-37-26)17-16-25-12-14-27(35-3)28(19-25)36-4/h5-15,18-19,23H,16-17,20-22H2,1-4H3. The molecule has 3 rings (SSSR count). The van der Waals surface area contributed by atoms with Crippen LogP contribution in [0.1, 0.15) is 30.7 Å². The number of furan rings is 1. The number of hydrogen-bond acceptors (Lipinski definition) is 5. The Hall–Kier alpha value is -4.00. The van der Waals surface area contributed by atoms with Crippen molar-refractivity contribution in [2.45, 2.75) is 26.8 Å². The van der Waals surface area contributed by atoms with Crippen molar-refractivity contribution < 1.29 is 23.5 Å². The highest BCUT2D eigenvalue weighted by molar-refractivity contribution is 5.94. The molecule has 0 saturated carbocycles. The van der Waals surface area contributed by atoms with Crippen molar-refractivity contribution >= 4 is 17.9 Å². The molecule has 0 saturated heterocycles. The second kappa shape index (κ2) is 13.9. The van der Waals surface area contributed by atoms with E-state index in [-0.39, 0.29) is 24.3 Å². The molecule has 2 aromatic carbocycles. The van der Waals surface area contributed by atoms with E-state index >= 15 is 0 Å². The van der Waals surface area contributed by atoms with Gasteiger partial charge in [-0.15, -0.1) is 0 Å². The van der Waals surface area contributed by atoms with Crippen LogP contribution in [0.15, 0.2) is 77.4 Å². The maximum absolute atomic E-state index is 13.5. The SMILES string of the molecule is COc1ccc(CCN(Cc2ccco2)C(=O)CN(CC(C)C)C(=O)C=Cc2ccccc2)cc1OC. The highest BCUT2D eigenvalue weighted by Gasteiger charge is 2.22. The van der Waals surface area contributed by atoms with E-state index < -0.39 is 0 Å². The zero-order valence-corrected chi connectivity index (χ0v) is 22.1. The van der Waals surface area contributed by atoms with Gasteiger partial charge in [0.2, 0.25) is 11.8 Å². The lowest BCUT2D eigenvalue weighted by Crippen LogP contribution is -2.44. The number of hydrogen-bond donors (Lipinski definition) is 0. The lowest BCUT2D eigenvalue weighted by atomic mass is 10.1. The number of ether oxygens (including phenoxy) is 2. The van der Waals surface area contributed by atoms with Crippen molar-refractivity contribution in [1.82, 2.24) is 9.80 Å². The summed E-state index contributed by atoms with van der Waals surface area (Å²) in [5.74, 6) is 1.87. The summed E-state index contributed by atoms with van der Waals surface area (Å²) >= 11 is 0. The molecule has 0 radical (unpaired) electrons. The number of carbonyl (C=O) groups is 2. The van der Waals surface area contributed by atoms with Crippen molar-refractivity contribution in [2.75, 3.05) is 33.9 Å². The van der Waals surface area contributed by atoms with Crippen LogP contribution in [0.3, 0.4) is 0 Å². The Labute approximate surface area is 219 Å². The summed E-state index contributed by atoms with van der Waals surface area (Å²) in [4.78, 5) is 29.9. The first-order chi connectivity index (χ1) is 17.9. The first-order valence-electron chi connectivity index (χ1n) is 12.4. The Bertz CT molecular complexity index is 1160. The molecular weight excluding hydrogens is 468 g/mol. The zero-order chi connectivity index (χ0) is 26.6. The van der Waals surface area contributed by atoms with Gasteiger partial charge >= 0.3 is 0 Å². The molecular formula is C30H36N2O5. The number of amides is 2. The van der Waals surface area contributed by atoms with Crippen LogP contribution in [-0.4, -0.2) is 55.5 Å². The lowest BCUT2D eigenvalue weighted by molar-refractivity contribution is -0.139. The molecule has 0 unspecified atom stereocenters. The number of benzene rings is 2. The fraction of sp³-hybridized carbons (Fsp3) is 0.333. The van der Waals surface area contributed by atoms with Crippen molar-refractivity contribution in [3.8, 4) is 11.5 Å². The Morgan fingerprint density at radius 3 is 2.35 bits per heavy atom. The third-order valence-electron chi connectivity index (χ3n) is 5.84. The fourth-order valence-electron chi connectivity index (χ4n) is 3.96. The number of methoxy groups -OCH3 is 2. The molecule has 7 nitrogen and oxygen atoms in total. The molecule has 37 heavy (non-hydrogen) atoms. The summed E-state index contributed by atoms with van der Waals surface area (Å²) in [5.41, 5.74) is 1.94. The predicted molar refractivity (Wildman–Crippen MR) is 144 cm³/mol. The Kier molecular flexibility index (Phi) is 10.4. The molecule has 196 valence electrons. The first kappa shape index (κ1) is 27.6. The highest BCUT2D eigenvalue weighted by atomic mass is 16.5. The van der Waals surface area contributed by atoms with E-state index in [0.29, 0.717) is 43.3 Å². The first-order valence-corrected chi connectivity index (χ1v) is 12.4. The molecule has 1 heterocycles. The van der Waals surface area contributed by atoms with Crippen LogP contribution in [0.25, 0.3) is 6.08 Å². The molecule has 1 aromatic heterocycles. The zero-order valence-electron chi connectivity index (χ0n) is 22.1. The van der Waals surface area contributed by atoms with E-state index in [9.17, 15) is 9.59 Å². The minimum Gasteiger partial charge on any atom is -0.493 e. The Morgan fingerprint density at radius 1 is 0.946 bits per heavy atom. The monoisotopic (exact) mass is 504 g/mol. The molecule has 2 amide bonds. The van der Waals surface area contributed by atoms with Gasteiger partial charge < -0.3 is 23.7 Å². The quantitative estimate of drug-likeness (QED) is 0.304. The van der Waals surface area contributed by atoms with E-state index in [1.54, 1.807) is 42.4 Å². The van der Waals surface area contributed by atoms with Gasteiger partial charge in [-0.05, 0) is 53.8 Å². The van der Waals surface area contributed by atoms with Gasteiger partial charge in [-0.2, -0.15) is 0 Å². The largest absolute Gasteiger partial charge is 0.493 e. The second-order valence-electron chi connectivity index (χ2n) is 9.19. The number of carbonyl (C=O) groups excluding carboxylic acids is 2. The van der Waals surface area contributed by atoms with Crippen molar-refractivity contribution in [3.63, 3.8) is 0 Å². The van der Waals surface area contributed by atoms with Gasteiger partial charge in [0.25, 0.3) is 0 Å². The lowest BCUT2D eigenvalue weighted by Gasteiger charge is -2.28. The fourth-order valence-corrected chi connectivity index (χ4v) is 3.96. The summed E-state index contributed by atoms with van der Waals surface area (Å²) < 4.78 is 16.3. The molecule has 0 spiro atoms. The molecule has 0 fully saturated rings. The Balaban J connectivity index is 1.74. The van der Waals surface area contributed by atoms with Crippen LogP contribution in [-0.2, 0) is 22.6 Å². The third kappa shape index (κ3) is 8.56. The molecule has 3 aromatic rings. The van der Waals surface area contributed by atoms with Gasteiger partial charge in [-0.3, -0.25) is 9.59 Å². The summed E-state index contributed by atoms with van der Waals surface area (Å²) in [6.45, 7) is 5.31. The highest BCUT2D eigenvalue weighted by Crippen LogP contribution is 2.27. The molecule has 0 N–H and O–H groups in total. The number of rotatable bonds is 13. The molecule has 0 aliphatic carbocycles. The topological polar surface area (TPSA) is 72.2 Å². The Morgan fingerprint density at radius 2 is 1.70 bits per heavy atom. The van der Waals surface area contributed by atoms with Crippen molar-refractivity contribution in [2.24, 2.45) is 5.92 Å². The van der Waals surface area contributed by atoms with Gasteiger partial charge in [0, 0.05) is 19.2 Å². The maximum atomic E-state index is 13.5. The summed E-state index contributed by atoms with van der Waals surface area (Å²) in [7, 11) is 3.20.